The number of carbonyl (C=O) groups excluding carboxylic acids is 6. The van der Waals surface area contributed by atoms with Crippen molar-refractivity contribution in [2.45, 2.75) is 123 Å². The molecule has 0 spiro atoms. The molecule has 0 saturated heterocycles. The van der Waals surface area contributed by atoms with E-state index in [2.05, 4.69) is 51.2 Å². The number of amides is 4. The summed E-state index contributed by atoms with van der Waals surface area (Å²) in [7, 11) is 3.55. The van der Waals surface area contributed by atoms with Gasteiger partial charge < -0.3 is 44.9 Å². The van der Waals surface area contributed by atoms with Crippen LogP contribution in [0, 0.1) is 12.8 Å². The molecule has 0 aromatic heterocycles. The van der Waals surface area contributed by atoms with Crippen molar-refractivity contribution in [2.24, 2.45) is 5.92 Å². The minimum atomic E-state index is -0.792. The molecule has 3 N–H and O–H groups in total. The van der Waals surface area contributed by atoms with Crippen molar-refractivity contribution in [3.63, 3.8) is 0 Å². The van der Waals surface area contributed by atoms with E-state index < -0.39 is 12.0 Å². The number of anilines is 3. The number of unbranched alkanes of at least 4 members (excludes halogenated alkanes) is 1. The highest BCUT2D eigenvalue weighted by atomic mass is 16.5. The lowest BCUT2D eigenvalue weighted by Gasteiger charge is -2.36. The molecule has 75 heavy (non-hydrogen) atoms. The van der Waals surface area contributed by atoms with E-state index >= 15 is 0 Å². The van der Waals surface area contributed by atoms with Gasteiger partial charge in [0.25, 0.3) is 11.8 Å². The van der Waals surface area contributed by atoms with E-state index in [0.29, 0.717) is 97.2 Å². The Morgan fingerprint density at radius 3 is 2.01 bits per heavy atom. The first-order valence-corrected chi connectivity index (χ1v) is 26.3. The minimum absolute atomic E-state index is 0.00481. The lowest BCUT2D eigenvalue weighted by atomic mass is 9.93. The van der Waals surface area contributed by atoms with Crippen LogP contribution in [-0.4, -0.2) is 90.4 Å². The van der Waals surface area contributed by atoms with E-state index in [0.717, 1.165) is 35.2 Å². The fourth-order valence-corrected chi connectivity index (χ4v) is 10.8. The van der Waals surface area contributed by atoms with Crippen LogP contribution < -0.4 is 35.1 Å². The van der Waals surface area contributed by atoms with Gasteiger partial charge in [0.2, 0.25) is 11.8 Å². The Balaban J connectivity index is 0.922. The van der Waals surface area contributed by atoms with Crippen LogP contribution in [0.3, 0.4) is 0 Å². The van der Waals surface area contributed by atoms with Gasteiger partial charge in [-0.3, -0.25) is 28.8 Å². The molecule has 0 saturated carbocycles. The van der Waals surface area contributed by atoms with E-state index in [-0.39, 0.29) is 73.3 Å². The average molecular weight is 1020 g/mol. The second-order valence-electron chi connectivity index (χ2n) is 20.6. The number of rotatable bonds is 19. The van der Waals surface area contributed by atoms with Crippen LogP contribution >= 0.6 is 0 Å². The Kier molecular flexibility index (Phi) is 15.9. The van der Waals surface area contributed by atoms with Crippen molar-refractivity contribution in [1.29, 1.82) is 0 Å². The summed E-state index contributed by atoms with van der Waals surface area (Å²) in [5, 5.41) is 9.28. The first-order valence-electron chi connectivity index (χ1n) is 26.3. The summed E-state index contributed by atoms with van der Waals surface area (Å²) >= 11 is 0. The van der Waals surface area contributed by atoms with Gasteiger partial charge in [-0.05, 0) is 109 Å². The van der Waals surface area contributed by atoms with Crippen LogP contribution in [0.25, 0.3) is 0 Å². The summed E-state index contributed by atoms with van der Waals surface area (Å²) in [6, 6.07) is 28.7. The molecule has 0 bridgehead atoms. The number of hydrogen-bond acceptors (Lipinski definition) is 11. The predicted octanol–water partition coefficient (Wildman–Crippen LogP) is 8.75. The third kappa shape index (κ3) is 11.8. The number of hydrogen-bond donors (Lipinski definition) is 3. The number of benzene rings is 5. The van der Waals surface area contributed by atoms with Crippen molar-refractivity contribution in [3.05, 3.63) is 141 Å². The van der Waals surface area contributed by atoms with Crippen LogP contribution in [0.1, 0.15) is 119 Å². The molecule has 5 aromatic rings. The Hall–Kier alpha value is -7.68. The fraction of sp³-hybridized carbons (Fsp3) is 0.400. The molecule has 9 rings (SSSR count). The Morgan fingerprint density at radius 2 is 1.35 bits per heavy atom. The molecule has 0 aliphatic carbocycles. The van der Waals surface area contributed by atoms with Crippen LogP contribution in [-0.2, 0) is 58.3 Å². The maximum atomic E-state index is 14.2. The van der Waals surface area contributed by atoms with Crippen LogP contribution in [0.5, 0.6) is 17.2 Å². The molecule has 5 aromatic carbocycles. The number of nitrogens with one attached hydrogen (secondary N) is 3. The summed E-state index contributed by atoms with van der Waals surface area (Å²) in [4.78, 5) is 85.8. The quantitative estimate of drug-likeness (QED) is 0.0675. The van der Waals surface area contributed by atoms with Crippen molar-refractivity contribution < 1.29 is 43.0 Å². The average Bonchev–Trinajstić information content (AvgIpc) is 3.61. The number of nitrogens with zero attached hydrogens (tertiary/aromatic N) is 3. The molecular formula is C60H68N6O9. The van der Waals surface area contributed by atoms with Crippen LogP contribution in [0.15, 0.2) is 91.0 Å². The third-order valence-corrected chi connectivity index (χ3v) is 15.1. The van der Waals surface area contributed by atoms with Gasteiger partial charge in [-0.25, -0.2) is 0 Å². The standard InChI is InChI=1S/C60H68N6O9/c1-7-48(67)18-12-13-19-57(69)62-38(4)53(68)21-37(3)58(70)63-45-23-39(34-74-54-29-52-50(20-36(54)2)60(72)66-32-44-17-11-9-15-42(44)26-47(66)33-64(52)5)22-40(24-45)35-75-56-28-51-49(27-55(56)73-6)59(71)65-31-43-16-10-8-14-41(43)25-46(65)30-61-51/h8-11,14-17,20,22-24,27-29,37-38,46-47,61H,7,12-13,18-19,21,25-26,30-35H2,1-6H3,(H,62,69)(H,63,70)/t37-,38+,46+,47+/m1/s1. The van der Waals surface area contributed by atoms with E-state index in [9.17, 15) is 28.8 Å². The van der Waals surface area contributed by atoms with Gasteiger partial charge in [0, 0.05) is 82.6 Å². The molecule has 15 nitrogen and oxygen atoms in total. The monoisotopic (exact) mass is 1020 g/mol. The number of carbonyl (C=O) groups is 6. The number of methoxy groups -OCH3 is 1. The third-order valence-electron chi connectivity index (χ3n) is 15.1. The summed E-state index contributed by atoms with van der Waals surface area (Å²) in [6.45, 7) is 9.50. The lowest BCUT2D eigenvalue weighted by molar-refractivity contribution is -0.129. The molecule has 0 unspecified atom stereocenters. The first kappa shape index (κ1) is 52.2. The van der Waals surface area contributed by atoms with E-state index in [1.807, 2.05) is 79.2 Å². The molecule has 0 fully saturated rings. The molecule has 4 atom stereocenters. The van der Waals surface area contributed by atoms with Gasteiger partial charge in [0.15, 0.2) is 17.3 Å². The smallest absolute Gasteiger partial charge is 0.256 e. The zero-order valence-electron chi connectivity index (χ0n) is 43.9. The van der Waals surface area contributed by atoms with Gasteiger partial charge in [0.05, 0.1) is 47.7 Å². The zero-order chi connectivity index (χ0) is 52.9. The van der Waals surface area contributed by atoms with E-state index in [1.54, 1.807) is 26.0 Å². The number of ketones is 2. The molecular weight excluding hydrogens is 949 g/mol. The van der Waals surface area contributed by atoms with Gasteiger partial charge in [-0.15, -0.1) is 0 Å². The van der Waals surface area contributed by atoms with Gasteiger partial charge in [-0.2, -0.15) is 0 Å². The number of ether oxygens (including phenoxy) is 3. The predicted molar refractivity (Wildman–Crippen MR) is 287 cm³/mol. The van der Waals surface area contributed by atoms with Crippen molar-refractivity contribution >= 4 is 52.3 Å². The van der Waals surface area contributed by atoms with Gasteiger partial charge >= 0.3 is 0 Å². The van der Waals surface area contributed by atoms with Crippen molar-refractivity contribution in [2.75, 3.05) is 42.8 Å². The van der Waals surface area contributed by atoms with Crippen molar-refractivity contribution in [1.82, 2.24) is 15.1 Å². The zero-order valence-corrected chi connectivity index (χ0v) is 43.9. The molecule has 4 heterocycles. The van der Waals surface area contributed by atoms with E-state index in [1.165, 1.54) is 23.8 Å². The van der Waals surface area contributed by atoms with Gasteiger partial charge in [0.1, 0.15) is 24.7 Å². The molecule has 4 aliphatic rings. The highest BCUT2D eigenvalue weighted by molar-refractivity contribution is 6.02. The number of Topliss-reactive ketones (excluding diaryl/α,β-unsaturated/α-hetero) is 2. The van der Waals surface area contributed by atoms with E-state index in [4.69, 9.17) is 14.2 Å². The highest BCUT2D eigenvalue weighted by Crippen LogP contribution is 2.39. The second kappa shape index (κ2) is 22.8. The molecule has 392 valence electrons. The summed E-state index contributed by atoms with van der Waals surface area (Å²) < 4.78 is 18.9. The number of aryl methyl sites for hydroxylation is 1. The molecule has 4 aliphatic heterocycles. The Morgan fingerprint density at radius 1 is 0.733 bits per heavy atom. The van der Waals surface area contributed by atoms with Crippen LogP contribution in [0.2, 0.25) is 0 Å². The normalized spacial score (nSPS) is 17.2. The second-order valence-corrected chi connectivity index (χ2v) is 20.6. The lowest BCUT2D eigenvalue weighted by Crippen LogP contribution is -2.47. The molecule has 0 radical (unpaired) electrons. The molecule has 4 amide bonds. The Bertz CT molecular complexity index is 3030. The van der Waals surface area contributed by atoms with Crippen LogP contribution in [0.4, 0.5) is 17.1 Å². The largest absolute Gasteiger partial charge is 0.493 e. The summed E-state index contributed by atoms with van der Waals surface area (Å²) in [6.07, 6.45) is 3.69. The van der Waals surface area contributed by atoms with Crippen molar-refractivity contribution in [3.8, 4) is 17.2 Å². The fourth-order valence-electron chi connectivity index (χ4n) is 10.8. The topological polar surface area (TPSA) is 176 Å². The maximum absolute atomic E-state index is 14.2. The van der Waals surface area contributed by atoms with Gasteiger partial charge in [-0.1, -0.05) is 62.4 Å². The maximum Gasteiger partial charge on any atom is 0.256 e. The molecule has 15 heteroatoms. The minimum Gasteiger partial charge on any atom is -0.493 e. The highest BCUT2D eigenvalue weighted by Gasteiger charge is 2.37. The number of likely N-dealkylation sites (N-methyl/N-ethyl adjacent to an activating group) is 1. The number of fused-ring (bicyclic) bond motifs is 6. The Labute approximate surface area is 439 Å². The first-order chi connectivity index (χ1) is 36.2. The summed E-state index contributed by atoms with van der Waals surface area (Å²) in [5.41, 5.74) is 10.1. The SMILES string of the molecule is CCC(=O)CCCCC(=O)N[C@@H](C)C(=O)C[C@@H](C)C(=O)Nc1cc(COc2cc3c(cc2C)C(=O)N2Cc4ccccc4C[C@H]2CN3C)cc(COc2cc3c(cc2OC)C(=O)N2Cc4ccccc4C[C@H]2CN3)c1. The summed E-state index contributed by atoms with van der Waals surface area (Å²) in [5.74, 6) is -0.178.